The first-order chi connectivity index (χ1) is 14.7. The fourth-order valence-corrected chi connectivity index (χ4v) is 4.22. The van der Waals surface area contributed by atoms with Gasteiger partial charge in [0.25, 0.3) is 0 Å². The molecule has 0 atom stereocenters. The molecule has 2 N–H and O–H groups in total. The number of hydrogen-bond acceptors (Lipinski definition) is 4. The van der Waals surface area contributed by atoms with E-state index in [9.17, 15) is 0 Å². The normalized spacial score (nSPS) is 12.7. The van der Waals surface area contributed by atoms with Gasteiger partial charge in [0, 0.05) is 28.6 Å². The standard InChI is InChI=1S/C24H19N5S/c1-3-20-18(10-15(2)21-6-4-5-8-26-21)24(29-28-20)22-11-17-19(16-7-9-30-14-16)12-25-13-23(17)27-22/h3-14,27-28H,2H2,1H3/b18-10+,20-3+. The van der Waals surface area contributed by atoms with Gasteiger partial charge in [0.1, 0.15) is 5.69 Å². The van der Waals surface area contributed by atoms with Crippen LogP contribution in [0.15, 0.2) is 66.3 Å². The Morgan fingerprint density at radius 2 is 2.13 bits per heavy atom. The van der Waals surface area contributed by atoms with Crippen molar-refractivity contribution in [1.82, 2.24) is 25.1 Å². The van der Waals surface area contributed by atoms with Crippen molar-refractivity contribution in [2.75, 3.05) is 0 Å². The highest BCUT2D eigenvalue weighted by atomic mass is 32.1. The molecule has 0 aromatic carbocycles. The van der Waals surface area contributed by atoms with Crippen molar-refractivity contribution in [3.63, 3.8) is 0 Å². The molecule has 0 amide bonds. The third-order valence-corrected chi connectivity index (χ3v) is 5.75. The predicted octanol–water partition coefficient (Wildman–Crippen LogP) is 4.37. The Balaban J connectivity index is 1.68. The summed E-state index contributed by atoms with van der Waals surface area (Å²) >= 11 is 1.68. The summed E-state index contributed by atoms with van der Waals surface area (Å²) in [6.45, 7) is 6.20. The molecular weight excluding hydrogens is 390 g/mol. The van der Waals surface area contributed by atoms with Crippen LogP contribution in [-0.4, -0.2) is 25.1 Å². The van der Waals surface area contributed by atoms with Crippen LogP contribution in [0.25, 0.3) is 51.1 Å². The van der Waals surface area contributed by atoms with Gasteiger partial charge >= 0.3 is 0 Å². The number of pyridine rings is 2. The van der Waals surface area contributed by atoms with E-state index in [1.165, 1.54) is 5.56 Å². The third kappa shape index (κ3) is 3.17. The number of hydrogen-bond donors (Lipinski definition) is 2. The number of allylic oxidation sites excluding steroid dienone is 1. The molecule has 5 rings (SSSR count). The van der Waals surface area contributed by atoms with E-state index in [2.05, 4.69) is 54.6 Å². The fourth-order valence-electron chi connectivity index (χ4n) is 3.56. The first-order valence-corrected chi connectivity index (χ1v) is 10.5. The van der Waals surface area contributed by atoms with Crippen molar-refractivity contribution in [3.8, 4) is 22.5 Å². The topological polar surface area (TPSA) is 70.2 Å². The molecule has 0 bridgehead atoms. The maximum Gasteiger partial charge on any atom is 0.116 e. The van der Waals surface area contributed by atoms with Crippen LogP contribution in [0.4, 0.5) is 0 Å². The van der Waals surface area contributed by atoms with Gasteiger partial charge in [-0.15, -0.1) is 0 Å². The largest absolute Gasteiger partial charge is 0.352 e. The second-order valence-electron chi connectivity index (χ2n) is 6.92. The fraction of sp³-hybridized carbons (Fsp3) is 0.0417. The van der Waals surface area contributed by atoms with Gasteiger partial charge in [-0.2, -0.15) is 16.4 Å². The van der Waals surface area contributed by atoms with E-state index in [1.54, 1.807) is 17.5 Å². The third-order valence-electron chi connectivity index (χ3n) is 5.07. The molecule has 0 spiro atoms. The van der Waals surface area contributed by atoms with Crippen LogP contribution in [0.2, 0.25) is 0 Å². The molecule has 5 aromatic heterocycles. The lowest BCUT2D eigenvalue weighted by molar-refractivity contribution is 1.06. The van der Waals surface area contributed by atoms with E-state index in [0.29, 0.717) is 0 Å². The van der Waals surface area contributed by atoms with Crippen molar-refractivity contribution >= 4 is 40.0 Å². The monoisotopic (exact) mass is 409 g/mol. The molecule has 0 radical (unpaired) electrons. The Morgan fingerprint density at radius 3 is 2.90 bits per heavy atom. The molecule has 0 saturated heterocycles. The summed E-state index contributed by atoms with van der Waals surface area (Å²) in [7, 11) is 0. The SMILES string of the molecule is C=C(/C=c1/c(-c2cc3c(-c4ccsc4)cncc3[nH]2)n[nH]/c1=C/C)c1ccccn1. The summed E-state index contributed by atoms with van der Waals surface area (Å²) in [5, 5.41) is 15.0. The summed E-state index contributed by atoms with van der Waals surface area (Å²) in [6, 6.07) is 10.1. The first kappa shape index (κ1) is 18.3. The summed E-state index contributed by atoms with van der Waals surface area (Å²) in [5.74, 6) is 0. The van der Waals surface area contributed by atoms with E-state index in [1.807, 2.05) is 49.7 Å². The highest BCUT2D eigenvalue weighted by Crippen LogP contribution is 2.31. The lowest BCUT2D eigenvalue weighted by atomic mass is 10.1. The molecule has 5 heterocycles. The molecule has 146 valence electrons. The highest BCUT2D eigenvalue weighted by Gasteiger charge is 2.13. The zero-order valence-electron chi connectivity index (χ0n) is 16.4. The van der Waals surface area contributed by atoms with Crippen molar-refractivity contribution in [2.24, 2.45) is 0 Å². The van der Waals surface area contributed by atoms with Crippen LogP contribution in [0.5, 0.6) is 0 Å². The lowest BCUT2D eigenvalue weighted by Gasteiger charge is -1.98. The summed E-state index contributed by atoms with van der Waals surface area (Å²) in [4.78, 5) is 12.3. The Hall–Kier alpha value is -3.77. The average molecular weight is 410 g/mol. The molecule has 5 aromatic rings. The van der Waals surface area contributed by atoms with Gasteiger partial charge < -0.3 is 4.98 Å². The van der Waals surface area contributed by atoms with E-state index < -0.39 is 0 Å². The molecule has 0 aliphatic heterocycles. The van der Waals surface area contributed by atoms with Crippen molar-refractivity contribution in [3.05, 3.63) is 82.5 Å². The van der Waals surface area contributed by atoms with Crippen molar-refractivity contribution < 1.29 is 0 Å². The van der Waals surface area contributed by atoms with Gasteiger partial charge in [-0.3, -0.25) is 15.1 Å². The van der Waals surface area contributed by atoms with Crippen LogP contribution < -0.4 is 10.6 Å². The minimum Gasteiger partial charge on any atom is -0.352 e. The number of nitrogens with zero attached hydrogens (tertiary/aromatic N) is 3. The highest BCUT2D eigenvalue weighted by molar-refractivity contribution is 7.08. The number of fused-ring (bicyclic) bond motifs is 1. The number of H-pyrrole nitrogens is 2. The minimum atomic E-state index is 0.832. The van der Waals surface area contributed by atoms with Crippen LogP contribution in [0, 0.1) is 0 Å². The van der Waals surface area contributed by atoms with Gasteiger partial charge in [0.05, 0.1) is 28.5 Å². The average Bonchev–Trinajstić information content (AvgIpc) is 3.53. The molecule has 30 heavy (non-hydrogen) atoms. The number of aromatic nitrogens is 5. The molecule has 5 nitrogen and oxygen atoms in total. The van der Waals surface area contributed by atoms with Crippen LogP contribution >= 0.6 is 11.3 Å². The molecule has 6 heteroatoms. The smallest absolute Gasteiger partial charge is 0.116 e. The number of rotatable bonds is 4. The molecule has 0 saturated carbocycles. The molecule has 0 unspecified atom stereocenters. The summed E-state index contributed by atoms with van der Waals surface area (Å²) < 4.78 is 0. The number of thiophene rings is 1. The van der Waals surface area contributed by atoms with E-state index in [4.69, 9.17) is 0 Å². The van der Waals surface area contributed by atoms with Gasteiger partial charge in [-0.05, 0) is 59.2 Å². The van der Waals surface area contributed by atoms with Crippen LogP contribution in [-0.2, 0) is 0 Å². The van der Waals surface area contributed by atoms with Gasteiger partial charge in [0.15, 0.2) is 0 Å². The first-order valence-electron chi connectivity index (χ1n) is 9.57. The van der Waals surface area contributed by atoms with Crippen LogP contribution in [0.1, 0.15) is 12.6 Å². The molecule has 0 aliphatic carbocycles. The van der Waals surface area contributed by atoms with Crippen molar-refractivity contribution in [1.29, 1.82) is 0 Å². The second-order valence-corrected chi connectivity index (χ2v) is 7.70. The van der Waals surface area contributed by atoms with E-state index in [-0.39, 0.29) is 0 Å². The Morgan fingerprint density at radius 1 is 1.20 bits per heavy atom. The minimum absolute atomic E-state index is 0.832. The lowest BCUT2D eigenvalue weighted by Crippen LogP contribution is -2.23. The Labute approximate surface area is 177 Å². The van der Waals surface area contributed by atoms with Gasteiger partial charge in [0.2, 0.25) is 0 Å². The summed E-state index contributed by atoms with van der Waals surface area (Å²) in [5.41, 5.74) is 6.70. The molecule has 0 aliphatic rings. The van der Waals surface area contributed by atoms with E-state index >= 15 is 0 Å². The zero-order chi connectivity index (χ0) is 20.5. The maximum absolute atomic E-state index is 4.59. The Bertz CT molecular complexity index is 1460. The van der Waals surface area contributed by atoms with E-state index in [0.717, 1.165) is 49.7 Å². The predicted molar refractivity (Wildman–Crippen MR) is 124 cm³/mol. The maximum atomic E-state index is 4.59. The summed E-state index contributed by atoms with van der Waals surface area (Å²) in [6.07, 6.45) is 9.57. The van der Waals surface area contributed by atoms with Crippen molar-refractivity contribution in [2.45, 2.75) is 6.92 Å². The number of nitrogens with one attached hydrogen (secondary N) is 2. The zero-order valence-corrected chi connectivity index (χ0v) is 17.2. The molecular formula is C24H19N5S. The van der Waals surface area contributed by atoms with Crippen LogP contribution in [0.3, 0.4) is 0 Å². The quantitative estimate of drug-likeness (QED) is 0.463. The Kier molecular flexibility index (Phi) is 4.61. The van der Waals surface area contributed by atoms with Gasteiger partial charge in [-0.1, -0.05) is 18.7 Å². The number of aromatic amines is 2. The van der Waals surface area contributed by atoms with Gasteiger partial charge in [-0.25, -0.2) is 0 Å². The second kappa shape index (κ2) is 7.57. The molecule has 0 fully saturated rings.